The third kappa shape index (κ3) is 16.7. The fourth-order valence-electron chi connectivity index (χ4n) is 2.84. The Kier molecular flexibility index (Phi) is 27.3. The van der Waals surface area contributed by atoms with Crippen LogP contribution in [0.4, 0.5) is 0 Å². The number of ether oxygens (including phenoxy) is 2. The summed E-state index contributed by atoms with van der Waals surface area (Å²) in [5.41, 5.74) is -10.2. The fraction of sp³-hybridized carbons (Fsp3) is 0.500. The first-order valence-electron chi connectivity index (χ1n) is 9.44. The summed E-state index contributed by atoms with van der Waals surface area (Å²) in [7, 11) is 0. The van der Waals surface area contributed by atoms with Crippen molar-refractivity contribution in [2.45, 2.75) is 55.3 Å². The summed E-state index contributed by atoms with van der Waals surface area (Å²) in [6, 6.07) is 0. The second-order valence-electron chi connectivity index (χ2n) is 7.52. The zero-order valence-electron chi connectivity index (χ0n) is 19.3. The van der Waals surface area contributed by atoms with Crippen LogP contribution in [0.25, 0.3) is 0 Å². The van der Waals surface area contributed by atoms with Crippen molar-refractivity contribution >= 4 is 142 Å². The average molecular weight is 648 g/mol. The standard InChI is InChI=1S/C18H20O19.3Na.2H2O.3H/c19-7(20)1-16(35,13(29)30)5-11(27)36-18(15(33)34,4-10(25)26)6-12(28)37-17(14(31)32,2-8(21)22)3-9(23)24;;;;;;;;/h35H,1-6H2,(H,19,20)(H,21,22)(H,23,24)(H,25,26)(H,29,30)(H,31,32)(H,33,34);;;;2*1H2;;;. The number of aliphatic hydroxyl groups is 1. The Morgan fingerprint density at radius 2 is 0.690 bits per heavy atom. The van der Waals surface area contributed by atoms with E-state index in [0.29, 0.717) is 0 Å². The molecule has 0 aromatic rings. The van der Waals surface area contributed by atoms with E-state index < -0.39 is 109 Å². The van der Waals surface area contributed by atoms with Gasteiger partial charge in [-0.2, -0.15) is 0 Å². The molecule has 0 aliphatic rings. The summed E-state index contributed by atoms with van der Waals surface area (Å²) in [5, 5.41) is 73.2. The van der Waals surface area contributed by atoms with Crippen LogP contribution in [-0.2, 0) is 52.6 Å². The molecule has 2 atom stereocenters. The number of carbonyl (C=O) groups excluding carboxylic acids is 2. The molecule has 42 heavy (non-hydrogen) atoms. The summed E-state index contributed by atoms with van der Waals surface area (Å²) in [4.78, 5) is 103. The Labute approximate surface area is 299 Å². The molecule has 0 amide bonds. The van der Waals surface area contributed by atoms with Crippen LogP contribution in [0.5, 0.6) is 0 Å². The van der Waals surface area contributed by atoms with E-state index in [1.807, 2.05) is 0 Å². The molecule has 24 heteroatoms. The molecule has 12 N–H and O–H groups in total. The molecule has 0 saturated carbocycles. The Hall–Kier alpha value is -1.89. The SMILES string of the molecule is O.O.O=C(O)CC(O)(CC(=O)OC(CC(=O)O)(CC(=O)OC(CC(=O)O)(CC(=O)O)C(=O)O)C(=O)O)C(=O)O.[NaH].[NaH].[NaH]. The summed E-state index contributed by atoms with van der Waals surface area (Å²) < 4.78 is 8.84. The molecule has 0 aliphatic heterocycles. The Morgan fingerprint density at radius 3 is 0.929 bits per heavy atom. The van der Waals surface area contributed by atoms with Gasteiger partial charge in [-0.25, -0.2) is 14.4 Å². The van der Waals surface area contributed by atoms with E-state index in [2.05, 4.69) is 9.47 Å². The fourth-order valence-corrected chi connectivity index (χ4v) is 2.84. The minimum absolute atomic E-state index is 0. The molecule has 0 aliphatic carbocycles. The second kappa shape index (κ2) is 21.7. The molecular formula is C18H27Na3O21. The van der Waals surface area contributed by atoms with Crippen molar-refractivity contribution in [3.05, 3.63) is 0 Å². The van der Waals surface area contributed by atoms with Gasteiger partial charge in [-0.1, -0.05) is 0 Å². The molecule has 0 aromatic carbocycles. The molecule has 0 rings (SSSR count). The van der Waals surface area contributed by atoms with Crippen LogP contribution in [0.1, 0.15) is 38.5 Å². The van der Waals surface area contributed by atoms with E-state index in [0.717, 1.165) is 0 Å². The molecule has 0 aromatic heterocycles. The summed E-state index contributed by atoms with van der Waals surface area (Å²) in [5.74, 6) is -19.1. The van der Waals surface area contributed by atoms with Crippen LogP contribution in [0.3, 0.4) is 0 Å². The van der Waals surface area contributed by atoms with Crippen molar-refractivity contribution in [2.24, 2.45) is 0 Å². The minimum atomic E-state index is -3.50. The number of carboxylic acid groups (broad SMARTS) is 7. The third-order valence-electron chi connectivity index (χ3n) is 4.42. The number of hydrogen-bond donors (Lipinski definition) is 8. The maximum atomic E-state index is 12.4. The third-order valence-corrected chi connectivity index (χ3v) is 4.42. The van der Waals surface area contributed by atoms with Gasteiger partial charge >= 0.3 is 142 Å². The zero-order valence-corrected chi connectivity index (χ0v) is 19.3. The van der Waals surface area contributed by atoms with Gasteiger partial charge in [0.05, 0.1) is 38.5 Å². The van der Waals surface area contributed by atoms with Crippen LogP contribution in [-0.4, -0.2) is 211 Å². The number of aliphatic carboxylic acids is 7. The van der Waals surface area contributed by atoms with Gasteiger partial charge in [0, 0.05) is 0 Å². The van der Waals surface area contributed by atoms with Crippen molar-refractivity contribution in [1.29, 1.82) is 0 Å². The van der Waals surface area contributed by atoms with Crippen molar-refractivity contribution in [3.63, 3.8) is 0 Å². The van der Waals surface area contributed by atoms with E-state index in [1.54, 1.807) is 0 Å². The first-order chi connectivity index (χ1) is 16.7. The molecule has 2 unspecified atom stereocenters. The van der Waals surface area contributed by atoms with Crippen LogP contribution >= 0.6 is 0 Å². The molecule has 0 bridgehead atoms. The van der Waals surface area contributed by atoms with Crippen LogP contribution in [0.15, 0.2) is 0 Å². The zero-order chi connectivity index (χ0) is 29.4. The number of esters is 2. The van der Waals surface area contributed by atoms with E-state index in [1.165, 1.54) is 0 Å². The molecule has 0 radical (unpaired) electrons. The van der Waals surface area contributed by atoms with E-state index in [9.17, 15) is 58.5 Å². The van der Waals surface area contributed by atoms with Gasteiger partial charge in [-0.05, 0) is 0 Å². The van der Waals surface area contributed by atoms with E-state index >= 15 is 0 Å². The predicted octanol–water partition coefficient (Wildman–Crippen LogP) is -6.38. The monoisotopic (exact) mass is 648 g/mol. The Morgan fingerprint density at radius 1 is 0.429 bits per heavy atom. The molecule has 0 fully saturated rings. The number of rotatable bonds is 17. The van der Waals surface area contributed by atoms with Gasteiger partial charge in [0.2, 0.25) is 11.2 Å². The quantitative estimate of drug-likeness (QED) is 0.0536. The van der Waals surface area contributed by atoms with Gasteiger partial charge in [0.25, 0.3) is 0 Å². The molecule has 0 spiro atoms. The predicted molar refractivity (Wildman–Crippen MR) is 132 cm³/mol. The Balaban J connectivity index is -0.000000648. The summed E-state index contributed by atoms with van der Waals surface area (Å²) in [6.07, 6.45) is -10.3. The number of carbonyl (C=O) groups is 9. The van der Waals surface area contributed by atoms with Gasteiger partial charge in [-0.3, -0.25) is 28.8 Å². The Bertz CT molecular complexity index is 1010. The topological polar surface area (TPSA) is 397 Å². The van der Waals surface area contributed by atoms with Crippen molar-refractivity contribution in [1.82, 2.24) is 0 Å². The maximum absolute atomic E-state index is 12.4. The number of hydrogen-bond acceptors (Lipinski definition) is 12. The van der Waals surface area contributed by atoms with Crippen molar-refractivity contribution in [3.8, 4) is 0 Å². The van der Waals surface area contributed by atoms with Gasteiger partial charge in [-0.15, -0.1) is 0 Å². The van der Waals surface area contributed by atoms with Crippen molar-refractivity contribution in [2.75, 3.05) is 0 Å². The summed E-state index contributed by atoms with van der Waals surface area (Å²) >= 11 is 0. The molecule has 0 heterocycles. The van der Waals surface area contributed by atoms with Crippen molar-refractivity contribution < 1.29 is 104 Å². The number of carboxylic acids is 7. The van der Waals surface area contributed by atoms with E-state index in [4.69, 9.17) is 25.5 Å². The van der Waals surface area contributed by atoms with Gasteiger partial charge in [0.1, 0.15) is 0 Å². The second-order valence-corrected chi connectivity index (χ2v) is 7.52. The van der Waals surface area contributed by atoms with Gasteiger partial charge < -0.3 is 61.3 Å². The van der Waals surface area contributed by atoms with Crippen LogP contribution in [0, 0.1) is 0 Å². The first kappa shape index (κ1) is 52.7. The first-order valence-corrected chi connectivity index (χ1v) is 9.44. The summed E-state index contributed by atoms with van der Waals surface area (Å²) in [6.45, 7) is 0. The molecule has 21 nitrogen and oxygen atoms in total. The van der Waals surface area contributed by atoms with Crippen LogP contribution in [0.2, 0.25) is 0 Å². The average Bonchev–Trinajstić information content (AvgIpc) is 2.64. The molecule has 0 saturated heterocycles. The normalized spacial score (nSPS) is 12.5. The van der Waals surface area contributed by atoms with Crippen LogP contribution < -0.4 is 0 Å². The molecule has 228 valence electrons. The molecular weight excluding hydrogens is 621 g/mol. The van der Waals surface area contributed by atoms with E-state index in [-0.39, 0.29) is 99.6 Å². The van der Waals surface area contributed by atoms with Gasteiger partial charge in [0.15, 0.2) is 5.60 Å².